The second kappa shape index (κ2) is 7.57. The number of anilines is 1. The maximum absolute atomic E-state index is 12.4. The van der Waals surface area contributed by atoms with Crippen molar-refractivity contribution < 1.29 is 19.1 Å². The van der Waals surface area contributed by atoms with Gasteiger partial charge in [-0.3, -0.25) is 4.79 Å². The Kier molecular flexibility index (Phi) is 5.24. The average Bonchev–Trinajstić information content (AvgIpc) is 2.93. The van der Waals surface area contributed by atoms with Crippen molar-refractivity contribution in [3.8, 4) is 5.75 Å². The van der Waals surface area contributed by atoms with Crippen molar-refractivity contribution in [1.29, 1.82) is 0 Å². The quantitative estimate of drug-likeness (QED) is 0.769. The van der Waals surface area contributed by atoms with E-state index in [0.717, 1.165) is 17.7 Å². The van der Waals surface area contributed by atoms with Crippen LogP contribution in [0.4, 0.5) is 5.69 Å². The fraction of sp³-hybridized carbons (Fsp3) is 0.263. The molecule has 1 aliphatic rings. The van der Waals surface area contributed by atoms with Crippen LogP contribution < -0.4 is 9.64 Å². The zero-order valence-electron chi connectivity index (χ0n) is 13.8. The summed E-state index contributed by atoms with van der Waals surface area (Å²) in [5, 5.41) is 0.516. The Hall–Kier alpha value is -2.53. The number of rotatable bonds is 5. The lowest BCUT2D eigenvalue weighted by Crippen LogP contribution is -2.39. The molecule has 1 aliphatic heterocycles. The number of hydrogen-bond donors (Lipinski definition) is 0. The molecule has 0 aliphatic carbocycles. The first-order valence-electron chi connectivity index (χ1n) is 7.98. The molecule has 0 saturated heterocycles. The highest BCUT2D eigenvalue weighted by atomic mass is 35.5. The van der Waals surface area contributed by atoms with Crippen molar-refractivity contribution in [2.45, 2.75) is 19.4 Å². The minimum atomic E-state index is -0.603. The Balaban J connectivity index is 1.51. The van der Waals surface area contributed by atoms with E-state index in [-0.39, 0.29) is 25.2 Å². The van der Waals surface area contributed by atoms with E-state index in [1.165, 1.54) is 0 Å². The number of hydrogen-bond acceptors (Lipinski definition) is 4. The third-order valence-corrected chi connectivity index (χ3v) is 4.22. The SMILES string of the molecule is C[C@@H]1Cc2ccccc2N1C(=O)COC(=O)COc1cccc(Cl)c1. The van der Waals surface area contributed by atoms with Gasteiger partial charge in [0, 0.05) is 16.8 Å². The van der Waals surface area contributed by atoms with Gasteiger partial charge in [0.15, 0.2) is 13.2 Å². The van der Waals surface area contributed by atoms with Gasteiger partial charge in [0.05, 0.1) is 0 Å². The van der Waals surface area contributed by atoms with Crippen molar-refractivity contribution in [1.82, 2.24) is 0 Å². The van der Waals surface area contributed by atoms with Crippen LogP contribution in [0.1, 0.15) is 12.5 Å². The predicted molar refractivity (Wildman–Crippen MR) is 95.0 cm³/mol. The van der Waals surface area contributed by atoms with E-state index in [4.69, 9.17) is 21.1 Å². The van der Waals surface area contributed by atoms with Gasteiger partial charge in [0.1, 0.15) is 5.75 Å². The number of benzene rings is 2. The van der Waals surface area contributed by atoms with Crippen molar-refractivity contribution in [2.75, 3.05) is 18.1 Å². The number of esters is 1. The maximum Gasteiger partial charge on any atom is 0.344 e. The molecule has 2 aromatic rings. The van der Waals surface area contributed by atoms with Gasteiger partial charge in [-0.2, -0.15) is 0 Å². The minimum Gasteiger partial charge on any atom is -0.482 e. The second-order valence-corrected chi connectivity index (χ2v) is 6.29. The Bertz CT molecular complexity index is 792. The topological polar surface area (TPSA) is 55.8 Å². The Morgan fingerprint density at radius 2 is 1.96 bits per heavy atom. The number of carbonyl (C=O) groups excluding carboxylic acids is 2. The molecule has 0 unspecified atom stereocenters. The average molecular weight is 360 g/mol. The maximum atomic E-state index is 12.4. The first-order valence-corrected chi connectivity index (χ1v) is 8.36. The standard InChI is InChI=1S/C19H18ClNO4/c1-13-9-14-5-2-3-8-17(14)21(13)18(22)11-25-19(23)12-24-16-7-4-6-15(20)10-16/h2-8,10,13H,9,11-12H2,1H3/t13-/m1/s1. The van der Waals surface area contributed by atoms with Crippen molar-refractivity contribution >= 4 is 29.2 Å². The van der Waals surface area contributed by atoms with Crippen LogP contribution in [0.15, 0.2) is 48.5 Å². The van der Waals surface area contributed by atoms with Crippen LogP contribution in [-0.4, -0.2) is 31.1 Å². The van der Waals surface area contributed by atoms with E-state index in [1.807, 2.05) is 31.2 Å². The molecule has 5 nitrogen and oxygen atoms in total. The molecule has 1 amide bonds. The van der Waals surface area contributed by atoms with Gasteiger partial charge in [-0.1, -0.05) is 35.9 Å². The van der Waals surface area contributed by atoms with Crippen LogP contribution in [-0.2, 0) is 20.7 Å². The van der Waals surface area contributed by atoms with E-state index < -0.39 is 5.97 Å². The van der Waals surface area contributed by atoms with Gasteiger partial charge in [0.25, 0.3) is 5.91 Å². The van der Waals surface area contributed by atoms with Crippen molar-refractivity contribution in [3.63, 3.8) is 0 Å². The molecule has 0 aromatic heterocycles. The van der Waals surface area contributed by atoms with E-state index in [1.54, 1.807) is 29.2 Å². The number of carbonyl (C=O) groups is 2. The number of nitrogens with zero attached hydrogens (tertiary/aromatic N) is 1. The van der Waals surface area contributed by atoms with E-state index in [9.17, 15) is 9.59 Å². The molecule has 130 valence electrons. The molecule has 1 atom stereocenters. The summed E-state index contributed by atoms with van der Waals surface area (Å²) in [6.07, 6.45) is 0.799. The molecule has 6 heteroatoms. The third-order valence-electron chi connectivity index (χ3n) is 3.99. The molecule has 0 radical (unpaired) electrons. The summed E-state index contributed by atoms with van der Waals surface area (Å²) < 4.78 is 10.3. The van der Waals surface area contributed by atoms with Gasteiger partial charge >= 0.3 is 5.97 Å². The first kappa shape index (κ1) is 17.3. The largest absolute Gasteiger partial charge is 0.482 e. The van der Waals surface area contributed by atoms with Crippen molar-refractivity contribution in [3.05, 3.63) is 59.1 Å². The van der Waals surface area contributed by atoms with Crippen LogP contribution in [0, 0.1) is 0 Å². The molecule has 0 N–H and O–H groups in total. The monoisotopic (exact) mass is 359 g/mol. The number of ether oxygens (including phenoxy) is 2. The fourth-order valence-corrected chi connectivity index (χ4v) is 3.08. The highest BCUT2D eigenvalue weighted by Gasteiger charge is 2.30. The van der Waals surface area contributed by atoms with Gasteiger partial charge in [-0.05, 0) is 43.2 Å². The Morgan fingerprint density at radius 3 is 2.76 bits per heavy atom. The summed E-state index contributed by atoms with van der Waals surface area (Å²) in [6, 6.07) is 14.5. The van der Waals surface area contributed by atoms with Crippen LogP contribution in [0.5, 0.6) is 5.75 Å². The number of para-hydroxylation sites is 1. The summed E-state index contributed by atoms with van der Waals surface area (Å²) in [6.45, 7) is 1.39. The molecule has 3 rings (SSSR count). The number of fused-ring (bicyclic) bond motifs is 1. The van der Waals surface area contributed by atoms with E-state index in [0.29, 0.717) is 10.8 Å². The molecular formula is C19H18ClNO4. The first-order chi connectivity index (χ1) is 12.0. The molecule has 1 heterocycles. The summed E-state index contributed by atoms with van der Waals surface area (Å²) in [7, 11) is 0. The minimum absolute atomic E-state index is 0.0475. The highest BCUT2D eigenvalue weighted by Crippen LogP contribution is 2.31. The Labute approximate surface area is 151 Å². The van der Waals surface area contributed by atoms with Gasteiger partial charge in [-0.25, -0.2) is 4.79 Å². The second-order valence-electron chi connectivity index (χ2n) is 5.85. The molecule has 0 saturated carbocycles. The zero-order chi connectivity index (χ0) is 17.8. The smallest absolute Gasteiger partial charge is 0.344 e. The normalized spacial score (nSPS) is 15.6. The zero-order valence-corrected chi connectivity index (χ0v) is 14.5. The predicted octanol–water partition coefficient (Wildman–Crippen LogP) is 3.24. The lowest BCUT2D eigenvalue weighted by molar-refractivity contribution is -0.149. The van der Waals surface area contributed by atoms with Crippen LogP contribution in [0.3, 0.4) is 0 Å². The van der Waals surface area contributed by atoms with Crippen LogP contribution in [0.25, 0.3) is 0 Å². The van der Waals surface area contributed by atoms with E-state index in [2.05, 4.69) is 0 Å². The highest BCUT2D eigenvalue weighted by molar-refractivity contribution is 6.30. The fourth-order valence-electron chi connectivity index (χ4n) is 2.90. The summed E-state index contributed by atoms with van der Waals surface area (Å²) >= 11 is 5.84. The van der Waals surface area contributed by atoms with Crippen LogP contribution >= 0.6 is 11.6 Å². The molecule has 25 heavy (non-hydrogen) atoms. The van der Waals surface area contributed by atoms with Crippen LogP contribution in [0.2, 0.25) is 5.02 Å². The van der Waals surface area contributed by atoms with Crippen molar-refractivity contribution in [2.24, 2.45) is 0 Å². The molecule has 2 aromatic carbocycles. The molecule has 0 spiro atoms. The lowest BCUT2D eigenvalue weighted by Gasteiger charge is -2.22. The number of halogens is 1. The summed E-state index contributed by atoms with van der Waals surface area (Å²) in [5.74, 6) is -0.375. The van der Waals surface area contributed by atoms with Gasteiger partial charge in [0.2, 0.25) is 0 Å². The third kappa shape index (κ3) is 4.12. The Morgan fingerprint density at radius 1 is 1.16 bits per heavy atom. The summed E-state index contributed by atoms with van der Waals surface area (Å²) in [5.41, 5.74) is 2.00. The van der Waals surface area contributed by atoms with E-state index >= 15 is 0 Å². The van der Waals surface area contributed by atoms with Gasteiger partial charge < -0.3 is 14.4 Å². The number of amides is 1. The molecule has 0 fully saturated rings. The van der Waals surface area contributed by atoms with Gasteiger partial charge in [-0.15, -0.1) is 0 Å². The molecule has 0 bridgehead atoms. The molecular weight excluding hydrogens is 342 g/mol. The lowest BCUT2D eigenvalue weighted by atomic mass is 10.1. The summed E-state index contributed by atoms with van der Waals surface area (Å²) in [4.78, 5) is 25.9.